The van der Waals surface area contributed by atoms with Crippen molar-refractivity contribution in [1.29, 1.82) is 0 Å². The number of carbonyl (C=O) groups is 2. The summed E-state index contributed by atoms with van der Waals surface area (Å²) in [5, 5.41) is 4.27. The van der Waals surface area contributed by atoms with Crippen LogP contribution in [0.2, 0.25) is 0 Å². The first-order valence-corrected chi connectivity index (χ1v) is 11.2. The summed E-state index contributed by atoms with van der Waals surface area (Å²) in [7, 11) is 0. The molecule has 3 aromatic carbocycles. The number of hydrogen-bond acceptors (Lipinski definition) is 3. The fourth-order valence-electron chi connectivity index (χ4n) is 4.31. The lowest BCUT2D eigenvalue weighted by Gasteiger charge is -2.07. The molecule has 1 heterocycles. The number of carbonyl (C=O) groups excluding carboxylic acids is 2. The van der Waals surface area contributed by atoms with Gasteiger partial charge in [0.15, 0.2) is 0 Å². The number of esters is 1. The van der Waals surface area contributed by atoms with Crippen LogP contribution in [0.3, 0.4) is 0 Å². The second-order valence-electron chi connectivity index (χ2n) is 8.23. The second kappa shape index (κ2) is 9.24. The van der Waals surface area contributed by atoms with E-state index in [9.17, 15) is 9.59 Å². The summed E-state index contributed by atoms with van der Waals surface area (Å²) >= 11 is 0. The Balaban J connectivity index is 1.32. The van der Waals surface area contributed by atoms with Gasteiger partial charge >= 0.3 is 5.97 Å². The van der Waals surface area contributed by atoms with E-state index in [2.05, 4.69) is 22.4 Å². The number of para-hydroxylation sites is 1. The van der Waals surface area contributed by atoms with Crippen molar-refractivity contribution < 1.29 is 14.3 Å². The van der Waals surface area contributed by atoms with Gasteiger partial charge in [0.2, 0.25) is 0 Å². The van der Waals surface area contributed by atoms with Gasteiger partial charge in [0, 0.05) is 36.1 Å². The molecule has 0 aliphatic heterocycles. The summed E-state index contributed by atoms with van der Waals surface area (Å²) in [6.07, 6.45) is 6.73. The summed E-state index contributed by atoms with van der Waals surface area (Å²) in [5.41, 5.74) is 6.83. The number of rotatable bonds is 6. The molecule has 5 rings (SSSR count). The molecule has 0 saturated heterocycles. The van der Waals surface area contributed by atoms with Crippen molar-refractivity contribution >= 4 is 40.0 Å². The average molecular weight is 449 g/mol. The van der Waals surface area contributed by atoms with Gasteiger partial charge < -0.3 is 15.0 Å². The normalized spacial score (nSPS) is 13.6. The van der Waals surface area contributed by atoms with E-state index >= 15 is 0 Å². The van der Waals surface area contributed by atoms with Gasteiger partial charge in [0.25, 0.3) is 5.91 Å². The van der Waals surface area contributed by atoms with Crippen molar-refractivity contribution in [1.82, 2.24) is 10.3 Å². The maximum atomic E-state index is 13.1. The quantitative estimate of drug-likeness (QED) is 0.307. The van der Waals surface area contributed by atoms with Crippen molar-refractivity contribution in [3.63, 3.8) is 0 Å². The highest BCUT2D eigenvalue weighted by molar-refractivity contribution is 6.26. The highest BCUT2D eigenvalue weighted by atomic mass is 16.5. The molecular weight excluding hydrogens is 424 g/mol. The minimum atomic E-state index is -0.348. The SMILES string of the molecule is CC(=O)Oc1ccc(/C=C2\C=C(C(=O)NCCc3c[nH]c4ccccc34)c3ccccc32)cc1. The van der Waals surface area contributed by atoms with Crippen LogP contribution in [0.1, 0.15) is 29.2 Å². The Morgan fingerprint density at radius 1 is 0.941 bits per heavy atom. The van der Waals surface area contributed by atoms with Crippen LogP contribution in [0, 0.1) is 0 Å². The first kappa shape index (κ1) is 21.5. The number of benzene rings is 3. The zero-order chi connectivity index (χ0) is 23.5. The molecule has 1 aliphatic rings. The van der Waals surface area contributed by atoms with Gasteiger partial charge in [0.05, 0.1) is 0 Å². The second-order valence-corrected chi connectivity index (χ2v) is 8.23. The van der Waals surface area contributed by atoms with Gasteiger partial charge in [-0.1, -0.05) is 54.6 Å². The fourth-order valence-corrected chi connectivity index (χ4v) is 4.31. The summed E-state index contributed by atoms with van der Waals surface area (Å²) in [5.74, 6) is 0.0762. The zero-order valence-electron chi connectivity index (χ0n) is 18.8. The number of allylic oxidation sites excluding steroid dienone is 2. The molecule has 0 spiro atoms. The van der Waals surface area contributed by atoms with Crippen LogP contribution in [0.5, 0.6) is 5.75 Å². The van der Waals surface area contributed by atoms with E-state index in [1.165, 1.54) is 17.9 Å². The number of amides is 1. The minimum absolute atomic E-state index is 0.0825. The first-order valence-electron chi connectivity index (χ1n) is 11.2. The van der Waals surface area contributed by atoms with Crippen molar-refractivity contribution in [2.24, 2.45) is 0 Å². The zero-order valence-corrected chi connectivity index (χ0v) is 18.8. The molecule has 5 heteroatoms. The Bertz CT molecular complexity index is 1440. The molecule has 4 aromatic rings. The van der Waals surface area contributed by atoms with E-state index in [-0.39, 0.29) is 11.9 Å². The smallest absolute Gasteiger partial charge is 0.308 e. The minimum Gasteiger partial charge on any atom is -0.427 e. The van der Waals surface area contributed by atoms with Gasteiger partial charge in [-0.3, -0.25) is 9.59 Å². The van der Waals surface area contributed by atoms with Crippen LogP contribution >= 0.6 is 0 Å². The van der Waals surface area contributed by atoms with Gasteiger partial charge in [-0.2, -0.15) is 0 Å². The van der Waals surface area contributed by atoms with Crippen molar-refractivity contribution in [2.45, 2.75) is 13.3 Å². The molecule has 0 atom stereocenters. The van der Waals surface area contributed by atoms with Crippen LogP contribution in [0.4, 0.5) is 0 Å². The Hall–Kier alpha value is -4.38. The van der Waals surface area contributed by atoms with Gasteiger partial charge in [-0.05, 0) is 64.6 Å². The molecule has 0 fully saturated rings. The molecule has 1 aromatic heterocycles. The van der Waals surface area contributed by atoms with Crippen molar-refractivity contribution in [2.75, 3.05) is 6.54 Å². The summed E-state index contributed by atoms with van der Waals surface area (Å²) < 4.78 is 5.11. The number of H-pyrrole nitrogens is 1. The van der Waals surface area contributed by atoms with E-state index in [0.29, 0.717) is 17.9 Å². The maximum Gasteiger partial charge on any atom is 0.308 e. The number of aromatic nitrogens is 1. The molecule has 34 heavy (non-hydrogen) atoms. The van der Waals surface area contributed by atoms with Gasteiger partial charge in [-0.15, -0.1) is 0 Å². The van der Waals surface area contributed by atoms with E-state index < -0.39 is 0 Å². The van der Waals surface area contributed by atoms with E-state index in [1.54, 1.807) is 12.1 Å². The molecule has 0 bridgehead atoms. The number of hydrogen-bond donors (Lipinski definition) is 2. The lowest BCUT2D eigenvalue weighted by atomic mass is 10.0. The summed E-state index contributed by atoms with van der Waals surface area (Å²) in [4.78, 5) is 27.5. The molecule has 5 nitrogen and oxygen atoms in total. The fraction of sp³-hybridized carbons (Fsp3) is 0.103. The predicted molar refractivity (Wildman–Crippen MR) is 135 cm³/mol. The highest BCUT2D eigenvalue weighted by Crippen LogP contribution is 2.36. The highest BCUT2D eigenvalue weighted by Gasteiger charge is 2.23. The maximum absolute atomic E-state index is 13.1. The van der Waals surface area contributed by atoms with Crippen LogP contribution in [-0.4, -0.2) is 23.4 Å². The third kappa shape index (κ3) is 4.41. The third-order valence-electron chi connectivity index (χ3n) is 5.89. The molecule has 2 N–H and O–H groups in total. The predicted octanol–water partition coefficient (Wildman–Crippen LogP) is 5.39. The summed E-state index contributed by atoms with van der Waals surface area (Å²) in [6, 6.07) is 23.4. The third-order valence-corrected chi connectivity index (χ3v) is 5.89. The molecule has 0 saturated carbocycles. The number of ether oxygens (including phenoxy) is 1. The molecular formula is C29H24N2O3. The molecule has 0 radical (unpaired) electrons. The monoisotopic (exact) mass is 448 g/mol. The van der Waals surface area contributed by atoms with E-state index in [4.69, 9.17) is 4.74 Å². The van der Waals surface area contributed by atoms with Crippen LogP contribution < -0.4 is 10.1 Å². The first-order chi connectivity index (χ1) is 16.6. The average Bonchev–Trinajstić information content (AvgIpc) is 3.42. The van der Waals surface area contributed by atoms with Crippen LogP contribution in [0.15, 0.2) is 85.1 Å². The Morgan fingerprint density at radius 3 is 2.47 bits per heavy atom. The lowest BCUT2D eigenvalue weighted by Crippen LogP contribution is -2.26. The number of fused-ring (bicyclic) bond motifs is 2. The molecule has 0 unspecified atom stereocenters. The Labute approximate surface area is 197 Å². The van der Waals surface area contributed by atoms with Crippen molar-refractivity contribution in [3.05, 3.63) is 107 Å². The Morgan fingerprint density at radius 2 is 1.68 bits per heavy atom. The van der Waals surface area contributed by atoms with Crippen LogP contribution in [0.25, 0.3) is 28.1 Å². The molecule has 1 aliphatic carbocycles. The molecule has 1 amide bonds. The molecule has 168 valence electrons. The topological polar surface area (TPSA) is 71.2 Å². The van der Waals surface area contributed by atoms with Gasteiger partial charge in [0.1, 0.15) is 5.75 Å². The van der Waals surface area contributed by atoms with E-state index in [0.717, 1.165) is 34.2 Å². The number of nitrogens with one attached hydrogen (secondary N) is 2. The van der Waals surface area contributed by atoms with Gasteiger partial charge in [-0.25, -0.2) is 0 Å². The van der Waals surface area contributed by atoms with E-state index in [1.807, 2.05) is 66.9 Å². The van der Waals surface area contributed by atoms with Crippen molar-refractivity contribution in [3.8, 4) is 5.75 Å². The lowest BCUT2D eigenvalue weighted by molar-refractivity contribution is -0.131. The number of aromatic amines is 1. The largest absolute Gasteiger partial charge is 0.427 e. The summed E-state index contributed by atoms with van der Waals surface area (Å²) in [6.45, 7) is 1.93. The van der Waals surface area contributed by atoms with Crippen LogP contribution in [-0.2, 0) is 16.0 Å². The standard InChI is InChI=1S/C29H24N2O3/c1-19(32)34-23-12-10-20(11-13-23)16-22-17-27(26-8-3-2-6-24(22)26)29(33)30-15-14-21-18-31-28-9-5-4-7-25(21)28/h2-13,16-18,31H,14-15H2,1H3,(H,30,33)/b22-16+. The Kier molecular flexibility index (Phi) is 5.83.